The first-order valence-electron chi connectivity index (χ1n) is 5.90. The van der Waals surface area contributed by atoms with Gasteiger partial charge >= 0.3 is 0 Å². The monoisotopic (exact) mass is 378 g/mol. The molecule has 1 saturated heterocycles. The van der Waals surface area contributed by atoms with Gasteiger partial charge in [0.05, 0.1) is 10.6 Å². The summed E-state index contributed by atoms with van der Waals surface area (Å²) in [6.45, 7) is 4.20. The molecule has 3 nitrogen and oxygen atoms in total. The summed E-state index contributed by atoms with van der Waals surface area (Å²) in [5.41, 5.74) is 6.38. The molecule has 0 aromatic heterocycles. The van der Waals surface area contributed by atoms with Crippen molar-refractivity contribution >= 4 is 40.1 Å². The molecule has 0 bridgehead atoms. The van der Waals surface area contributed by atoms with Crippen LogP contribution in [0.5, 0.6) is 0 Å². The second-order valence-electron chi connectivity index (χ2n) is 5.12. The summed E-state index contributed by atoms with van der Waals surface area (Å²) in [6.07, 6.45) is 0.956. The number of carbonyl (C=O) groups excluding carboxylic acids is 1. The van der Waals surface area contributed by atoms with Gasteiger partial charge in [-0.3, -0.25) is 4.79 Å². The fourth-order valence-electron chi connectivity index (χ4n) is 2.20. The molecule has 1 aromatic carbocycles. The first-order chi connectivity index (χ1) is 8.45. The number of carbonyl (C=O) groups is 1. The van der Waals surface area contributed by atoms with Crippen LogP contribution in [0.2, 0.25) is 5.02 Å². The van der Waals surface area contributed by atoms with Crippen LogP contribution in [-0.2, 0) is 0 Å². The molecule has 1 aliphatic rings. The first-order valence-corrected chi connectivity index (χ1v) is 7.35. The van der Waals surface area contributed by atoms with Gasteiger partial charge in [-0.25, -0.2) is 0 Å². The highest BCUT2D eigenvalue weighted by Gasteiger charge is 2.35. The number of hydrogen-bond acceptors (Lipinski definition) is 2. The average molecular weight is 379 g/mol. The van der Waals surface area contributed by atoms with Crippen LogP contribution in [0, 0.1) is 8.99 Å². The molecule has 1 unspecified atom stereocenters. The van der Waals surface area contributed by atoms with Crippen LogP contribution in [-0.4, -0.2) is 30.4 Å². The van der Waals surface area contributed by atoms with Crippen LogP contribution in [0.25, 0.3) is 0 Å². The molecule has 2 rings (SSSR count). The van der Waals surface area contributed by atoms with E-state index in [2.05, 4.69) is 29.5 Å². The molecule has 0 aliphatic carbocycles. The van der Waals surface area contributed by atoms with Gasteiger partial charge in [0.1, 0.15) is 0 Å². The van der Waals surface area contributed by atoms with Gasteiger partial charge in [-0.2, -0.15) is 0 Å². The first kappa shape index (κ1) is 14.1. The Hall–Kier alpha value is -0.330. The highest BCUT2D eigenvalue weighted by atomic mass is 127. The minimum atomic E-state index is 0.00794. The molecule has 1 amide bonds. The third-order valence-electron chi connectivity index (χ3n) is 3.50. The standard InChI is InChI=1S/C13H16ClIN2O/c1-13(7-16)4-5-17(8-13)12(18)10-3-2-9(15)6-11(10)14/h2-3,6H,4-5,7-8,16H2,1H3. The Morgan fingerprint density at radius 3 is 2.89 bits per heavy atom. The molecule has 1 heterocycles. The van der Waals surface area contributed by atoms with Gasteiger partial charge in [0.2, 0.25) is 0 Å². The lowest BCUT2D eigenvalue weighted by Crippen LogP contribution is -2.34. The Morgan fingerprint density at radius 1 is 1.61 bits per heavy atom. The zero-order valence-corrected chi connectivity index (χ0v) is 13.2. The molecule has 1 atom stereocenters. The lowest BCUT2D eigenvalue weighted by molar-refractivity contribution is 0.0777. The van der Waals surface area contributed by atoms with Crippen LogP contribution in [0.15, 0.2) is 18.2 Å². The van der Waals surface area contributed by atoms with Gasteiger partial charge in [0, 0.05) is 16.7 Å². The van der Waals surface area contributed by atoms with Gasteiger partial charge in [0.15, 0.2) is 0 Å². The summed E-state index contributed by atoms with van der Waals surface area (Å²) in [7, 11) is 0. The lowest BCUT2D eigenvalue weighted by Gasteiger charge is -2.22. The van der Waals surface area contributed by atoms with E-state index >= 15 is 0 Å². The Kier molecular flexibility index (Phi) is 4.18. The molecule has 1 aromatic rings. The third-order valence-corrected chi connectivity index (χ3v) is 4.48. The minimum absolute atomic E-state index is 0.00794. The fraction of sp³-hybridized carbons (Fsp3) is 0.462. The normalized spacial score (nSPS) is 23.4. The molecule has 0 saturated carbocycles. The Balaban J connectivity index is 2.18. The van der Waals surface area contributed by atoms with Crippen molar-refractivity contribution in [2.75, 3.05) is 19.6 Å². The molecule has 98 valence electrons. The topological polar surface area (TPSA) is 46.3 Å². The van der Waals surface area contributed by atoms with Crippen LogP contribution in [0.1, 0.15) is 23.7 Å². The van der Waals surface area contributed by atoms with E-state index in [1.165, 1.54) is 0 Å². The van der Waals surface area contributed by atoms with E-state index < -0.39 is 0 Å². The molecule has 5 heteroatoms. The van der Waals surface area contributed by atoms with Gasteiger partial charge in [0.25, 0.3) is 5.91 Å². The van der Waals surface area contributed by atoms with Gasteiger partial charge in [-0.15, -0.1) is 0 Å². The second-order valence-corrected chi connectivity index (χ2v) is 6.77. The zero-order valence-electron chi connectivity index (χ0n) is 10.2. The number of halogens is 2. The van der Waals surface area contributed by atoms with Crippen LogP contribution in [0.3, 0.4) is 0 Å². The quantitative estimate of drug-likeness (QED) is 0.805. The van der Waals surface area contributed by atoms with Crippen LogP contribution >= 0.6 is 34.2 Å². The van der Waals surface area contributed by atoms with Crippen molar-refractivity contribution in [2.24, 2.45) is 11.1 Å². The molecule has 1 fully saturated rings. The molecule has 0 spiro atoms. The van der Waals surface area contributed by atoms with Crippen molar-refractivity contribution in [3.8, 4) is 0 Å². The van der Waals surface area contributed by atoms with Crippen molar-refractivity contribution < 1.29 is 4.79 Å². The third kappa shape index (κ3) is 2.81. The lowest BCUT2D eigenvalue weighted by atomic mass is 9.90. The molecule has 0 radical (unpaired) electrons. The second kappa shape index (κ2) is 5.35. The van der Waals surface area contributed by atoms with Crippen LogP contribution in [0.4, 0.5) is 0 Å². The smallest absolute Gasteiger partial charge is 0.255 e. The molecular weight excluding hydrogens is 363 g/mol. The highest BCUT2D eigenvalue weighted by Crippen LogP contribution is 2.30. The van der Waals surface area contributed by atoms with E-state index in [0.717, 1.165) is 16.5 Å². The van der Waals surface area contributed by atoms with E-state index in [1.54, 1.807) is 6.07 Å². The summed E-state index contributed by atoms with van der Waals surface area (Å²) in [5, 5.41) is 0.522. The van der Waals surface area contributed by atoms with Gasteiger partial charge in [-0.05, 0) is 59.2 Å². The van der Waals surface area contributed by atoms with E-state index in [9.17, 15) is 4.79 Å². The van der Waals surface area contributed by atoms with Crippen LogP contribution < -0.4 is 5.73 Å². The predicted molar refractivity (Wildman–Crippen MR) is 81.9 cm³/mol. The van der Waals surface area contributed by atoms with E-state index in [1.807, 2.05) is 17.0 Å². The molecule has 1 aliphatic heterocycles. The number of benzene rings is 1. The Bertz CT molecular complexity index is 480. The molecule has 18 heavy (non-hydrogen) atoms. The zero-order chi connectivity index (χ0) is 13.3. The van der Waals surface area contributed by atoms with Crippen molar-refractivity contribution in [1.29, 1.82) is 0 Å². The average Bonchev–Trinajstić information content (AvgIpc) is 2.72. The fourth-order valence-corrected chi connectivity index (χ4v) is 3.13. The number of likely N-dealkylation sites (tertiary alicyclic amines) is 1. The summed E-state index contributed by atoms with van der Waals surface area (Å²) in [4.78, 5) is 14.2. The summed E-state index contributed by atoms with van der Waals surface area (Å²) in [5.74, 6) is 0.00794. The van der Waals surface area contributed by atoms with E-state index in [-0.39, 0.29) is 11.3 Å². The predicted octanol–water partition coefficient (Wildman–Crippen LogP) is 2.76. The maximum atomic E-state index is 12.4. The Morgan fingerprint density at radius 2 is 2.33 bits per heavy atom. The van der Waals surface area contributed by atoms with Crippen molar-refractivity contribution in [2.45, 2.75) is 13.3 Å². The maximum Gasteiger partial charge on any atom is 0.255 e. The van der Waals surface area contributed by atoms with Crippen molar-refractivity contribution in [1.82, 2.24) is 4.90 Å². The van der Waals surface area contributed by atoms with E-state index in [0.29, 0.717) is 23.7 Å². The Labute approximate surface area is 126 Å². The number of nitrogens with zero attached hydrogens (tertiary/aromatic N) is 1. The van der Waals surface area contributed by atoms with E-state index in [4.69, 9.17) is 17.3 Å². The highest BCUT2D eigenvalue weighted by molar-refractivity contribution is 14.1. The number of nitrogens with two attached hydrogens (primary N) is 1. The maximum absolute atomic E-state index is 12.4. The number of amides is 1. The molecular formula is C13H16ClIN2O. The molecule has 2 N–H and O–H groups in total. The SMILES string of the molecule is CC1(CN)CCN(C(=O)c2ccc(I)cc2Cl)C1. The largest absolute Gasteiger partial charge is 0.338 e. The number of rotatable bonds is 2. The minimum Gasteiger partial charge on any atom is -0.338 e. The van der Waals surface area contributed by atoms with Crippen molar-refractivity contribution in [3.63, 3.8) is 0 Å². The summed E-state index contributed by atoms with van der Waals surface area (Å²) >= 11 is 8.31. The summed E-state index contributed by atoms with van der Waals surface area (Å²) in [6, 6.07) is 5.51. The van der Waals surface area contributed by atoms with Gasteiger partial charge in [-0.1, -0.05) is 18.5 Å². The van der Waals surface area contributed by atoms with Gasteiger partial charge < -0.3 is 10.6 Å². The number of hydrogen-bond donors (Lipinski definition) is 1. The summed E-state index contributed by atoms with van der Waals surface area (Å²) < 4.78 is 1.03. The van der Waals surface area contributed by atoms with Crippen molar-refractivity contribution in [3.05, 3.63) is 32.4 Å².